The molecular weight excluding hydrogens is 385 g/mol. The number of oxazole rings is 1. The highest BCUT2D eigenvalue weighted by molar-refractivity contribution is 6.30. The Labute approximate surface area is 164 Å². The van der Waals surface area contributed by atoms with Gasteiger partial charge in [-0.2, -0.15) is 0 Å². The molecule has 3 aromatic rings. The number of amides is 3. The number of urea groups is 1. The van der Waals surface area contributed by atoms with Gasteiger partial charge < -0.3 is 9.73 Å². The molecule has 0 radical (unpaired) electrons. The van der Waals surface area contributed by atoms with Crippen molar-refractivity contribution in [2.75, 3.05) is 0 Å². The van der Waals surface area contributed by atoms with E-state index in [-0.39, 0.29) is 12.4 Å². The maximum Gasteiger partial charge on any atom is 0.325 e. The lowest BCUT2D eigenvalue weighted by atomic mass is 9.92. The molecule has 1 aliphatic rings. The van der Waals surface area contributed by atoms with Crippen LogP contribution in [0.1, 0.15) is 18.2 Å². The van der Waals surface area contributed by atoms with Crippen LogP contribution in [0.3, 0.4) is 0 Å². The summed E-state index contributed by atoms with van der Waals surface area (Å²) in [7, 11) is 0. The molecule has 1 saturated heterocycles. The van der Waals surface area contributed by atoms with Gasteiger partial charge in [0, 0.05) is 10.6 Å². The number of imide groups is 1. The minimum atomic E-state index is -1.23. The molecule has 8 heteroatoms. The van der Waals surface area contributed by atoms with Crippen LogP contribution in [0.5, 0.6) is 0 Å². The number of nitrogens with zero attached hydrogens (tertiary/aromatic N) is 2. The summed E-state index contributed by atoms with van der Waals surface area (Å²) in [6, 6.07) is 12.0. The number of benzene rings is 2. The Hall–Kier alpha value is -3.19. The van der Waals surface area contributed by atoms with Gasteiger partial charge in [-0.05, 0) is 42.8 Å². The minimum absolute atomic E-state index is 0.0698. The highest BCUT2D eigenvalue weighted by atomic mass is 35.5. The summed E-state index contributed by atoms with van der Waals surface area (Å²) in [5, 5.41) is 3.18. The first-order valence-electron chi connectivity index (χ1n) is 8.47. The van der Waals surface area contributed by atoms with Gasteiger partial charge in [-0.15, -0.1) is 0 Å². The zero-order chi connectivity index (χ0) is 19.9. The second kappa shape index (κ2) is 6.76. The lowest BCUT2D eigenvalue weighted by Crippen LogP contribution is -2.40. The first-order valence-corrected chi connectivity index (χ1v) is 8.85. The molecule has 0 saturated carbocycles. The van der Waals surface area contributed by atoms with Gasteiger partial charge in [0.25, 0.3) is 5.91 Å². The van der Waals surface area contributed by atoms with Crippen molar-refractivity contribution < 1.29 is 18.4 Å². The maximum atomic E-state index is 13.4. The topological polar surface area (TPSA) is 75.4 Å². The molecule has 1 fully saturated rings. The fourth-order valence-electron chi connectivity index (χ4n) is 3.13. The third-order valence-electron chi connectivity index (χ3n) is 4.62. The zero-order valence-corrected chi connectivity index (χ0v) is 15.5. The second-order valence-corrected chi connectivity index (χ2v) is 7.05. The number of hydrogen-bond donors (Lipinski definition) is 1. The average molecular weight is 400 g/mol. The fourth-order valence-corrected chi connectivity index (χ4v) is 3.32. The smallest absolute Gasteiger partial charge is 0.325 e. The SMILES string of the molecule is CC1(c2cccc(Cl)c2)NC(=O)N(Cc2coc(-c3cccc(F)c3)n2)C1=O. The van der Waals surface area contributed by atoms with Crippen LogP contribution in [0.2, 0.25) is 5.02 Å². The van der Waals surface area contributed by atoms with E-state index in [0.29, 0.717) is 21.8 Å². The van der Waals surface area contributed by atoms with Gasteiger partial charge in [0.15, 0.2) is 0 Å². The summed E-state index contributed by atoms with van der Waals surface area (Å²) in [6.45, 7) is 1.56. The number of carbonyl (C=O) groups is 2. The molecule has 6 nitrogen and oxygen atoms in total. The molecule has 0 spiro atoms. The van der Waals surface area contributed by atoms with E-state index in [2.05, 4.69) is 10.3 Å². The van der Waals surface area contributed by atoms with Gasteiger partial charge >= 0.3 is 6.03 Å². The Bertz CT molecular complexity index is 1080. The molecule has 2 heterocycles. The van der Waals surface area contributed by atoms with Crippen molar-refractivity contribution in [1.82, 2.24) is 15.2 Å². The molecule has 28 heavy (non-hydrogen) atoms. The van der Waals surface area contributed by atoms with Crippen LogP contribution in [0.25, 0.3) is 11.5 Å². The Morgan fingerprint density at radius 3 is 2.75 bits per heavy atom. The van der Waals surface area contributed by atoms with Gasteiger partial charge in [-0.3, -0.25) is 9.69 Å². The van der Waals surface area contributed by atoms with Crippen LogP contribution >= 0.6 is 11.6 Å². The van der Waals surface area contributed by atoms with E-state index in [9.17, 15) is 14.0 Å². The van der Waals surface area contributed by atoms with Crippen molar-refractivity contribution >= 4 is 23.5 Å². The van der Waals surface area contributed by atoms with E-state index in [1.54, 1.807) is 43.3 Å². The van der Waals surface area contributed by atoms with Gasteiger partial charge in [-0.25, -0.2) is 14.2 Å². The number of nitrogens with one attached hydrogen (secondary N) is 1. The highest BCUT2D eigenvalue weighted by Crippen LogP contribution is 2.31. The summed E-state index contributed by atoms with van der Waals surface area (Å²) < 4.78 is 18.8. The summed E-state index contributed by atoms with van der Waals surface area (Å²) in [5.41, 5.74) is 0.198. The fraction of sp³-hybridized carbons (Fsp3) is 0.150. The van der Waals surface area contributed by atoms with Crippen LogP contribution in [0.4, 0.5) is 9.18 Å². The number of aromatic nitrogens is 1. The molecule has 1 atom stereocenters. The van der Waals surface area contributed by atoms with E-state index < -0.39 is 23.3 Å². The predicted octanol–water partition coefficient (Wildman–Crippen LogP) is 4.10. The van der Waals surface area contributed by atoms with Crippen LogP contribution in [-0.2, 0) is 16.9 Å². The normalized spacial score (nSPS) is 19.2. The number of hydrogen-bond acceptors (Lipinski definition) is 4. The minimum Gasteiger partial charge on any atom is -0.444 e. The first kappa shape index (κ1) is 18.2. The molecule has 1 aliphatic heterocycles. The Kier molecular flexibility index (Phi) is 4.39. The van der Waals surface area contributed by atoms with E-state index >= 15 is 0 Å². The van der Waals surface area contributed by atoms with Crippen molar-refractivity contribution in [1.29, 1.82) is 0 Å². The van der Waals surface area contributed by atoms with E-state index in [1.165, 1.54) is 18.4 Å². The van der Waals surface area contributed by atoms with Gasteiger partial charge in [-0.1, -0.05) is 29.8 Å². The summed E-state index contributed by atoms with van der Waals surface area (Å²) in [6.07, 6.45) is 1.34. The molecule has 2 aromatic carbocycles. The molecule has 0 bridgehead atoms. The van der Waals surface area contributed by atoms with Crippen molar-refractivity contribution in [3.8, 4) is 11.5 Å². The first-order chi connectivity index (χ1) is 13.4. The zero-order valence-electron chi connectivity index (χ0n) is 14.8. The third-order valence-corrected chi connectivity index (χ3v) is 4.86. The monoisotopic (exact) mass is 399 g/mol. The molecule has 142 valence electrons. The summed E-state index contributed by atoms with van der Waals surface area (Å²) >= 11 is 6.02. The van der Waals surface area contributed by atoms with E-state index in [0.717, 1.165) is 4.90 Å². The lowest BCUT2D eigenvalue weighted by Gasteiger charge is -2.22. The van der Waals surface area contributed by atoms with Crippen molar-refractivity contribution in [2.45, 2.75) is 19.0 Å². The molecule has 1 unspecified atom stereocenters. The number of carbonyl (C=O) groups excluding carboxylic acids is 2. The van der Waals surface area contributed by atoms with Gasteiger partial charge in [0.05, 0.1) is 12.2 Å². The Balaban J connectivity index is 1.57. The summed E-state index contributed by atoms with van der Waals surface area (Å²) in [5.74, 6) is -0.627. The van der Waals surface area contributed by atoms with Crippen molar-refractivity contribution in [2.24, 2.45) is 0 Å². The van der Waals surface area contributed by atoms with Crippen LogP contribution in [0.15, 0.2) is 59.2 Å². The second-order valence-electron chi connectivity index (χ2n) is 6.61. The van der Waals surface area contributed by atoms with Crippen molar-refractivity contribution in [3.05, 3.63) is 76.9 Å². The maximum absolute atomic E-state index is 13.4. The molecule has 0 aliphatic carbocycles. The van der Waals surface area contributed by atoms with Crippen molar-refractivity contribution in [3.63, 3.8) is 0 Å². The molecule has 1 N–H and O–H groups in total. The van der Waals surface area contributed by atoms with Gasteiger partial charge in [0.2, 0.25) is 5.89 Å². The molecular formula is C20H15ClFN3O3. The lowest BCUT2D eigenvalue weighted by molar-refractivity contribution is -0.131. The summed E-state index contributed by atoms with van der Waals surface area (Å²) in [4.78, 5) is 30.7. The Morgan fingerprint density at radius 2 is 2.00 bits per heavy atom. The average Bonchev–Trinajstić information content (AvgIpc) is 3.21. The van der Waals surface area contributed by atoms with E-state index in [1.807, 2.05) is 0 Å². The van der Waals surface area contributed by atoms with Crippen LogP contribution in [0, 0.1) is 5.82 Å². The van der Waals surface area contributed by atoms with E-state index in [4.69, 9.17) is 16.0 Å². The number of halogens is 2. The Morgan fingerprint density at radius 1 is 1.21 bits per heavy atom. The van der Waals surface area contributed by atoms with Crippen LogP contribution in [-0.4, -0.2) is 21.8 Å². The molecule has 4 rings (SSSR count). The number of rotatable bonds is 4. The standard InChI is InChI=1S/C20H15ClFN3O3/c1-20(13-5-3-6-14(21)9-13)18(26)25(19(27)24-20)10-16-11-28-17(23-16)12-4-2-7-15(22)8-12/h2-9,11H,10H2,1H3,(H,24,27). The predicted molar refractivity (Wildman–Crippen MR) is 99.8 cm³/mol. The van der Waals surface area contributed by atoms with Crippen LogP contribution < -0.4 is 5.32 Å². The molecule has 3 amide bonds. The van der Waals surface area contributed by atoms with Gasteiger partial charge in [0.1, 0.15) is 17.6 Å². The largest absolute Gasteiger partial charge is 0.444 e. The quantitative estimate of drug-likeness (QED) is 0.670. The highest BCUT2D eigenvalue weighted by Gasteiger charge is 2.49. The third kappa shape index (κ3) is 3.14. The molecule has 1 aromatic heterocycles.